The fourth-order valence-corrected chi connectivity index (χ4v) is 1.66. The van der Waals surface area contributed by atoms with Gasteiger partial charge in [0, 0.05) is 18.9 Å². The quantitative estimate of drug-likeness (QED) is 0.887. The van der Waals surface area contributed by atoms with Crippen LogP contribution in [0.4, 0.5) is 10.1 Å². The first-order valence-corrected chi connectivity index (χ1v) is 5.74. The molecule has 98 valence electrons. The van der Waals surface area contributed by atoms with E-state index in [1.807, 2.05) is 13.0 Å². The van der Waals surface area contributed by atoms with Crippen molar-refractivity contribution in [3.05, 3.63) is 59.2 Å². The molecule has 1 aromatic carbocycles. The summed E-state index contributed by atoms with van der Waals surface area (Å²) >= 11 is 0. The molecular formula is C14H13FN2O2. The Labute approximate surface area is 109 Å². The second kappa shape index (κ2) is 5.48. The Morgan fingerprint density at radius 1 is 1.42 bits per heavy atom. The summed E-state index contributed by atoms with van der Waals surface area (Å²) in [5.41, 5.74) is 2.23. The van der Waals surface area contributed by atoms with Crippen LogP contribution in [0, 0.1) is 12.7 Å². The van der Waals surface area contributed by atoms with Crippen LogP contribution in [-0.4, -0.2) is 16.1 Å². The number of nitrogens with one attached hydrogen (secondary N) is 1. The SMILES string of the molecule is Cc1ccncc1CNc1ccc(C(=O)O)cc1F. The summed E-state index contributed by atoms with van der Waals surface area (Å²) in [6.45, 7) is 2.38. The lowest BCUT2D eigenvalue weighted by molar-refractivity contribution is 0.0696. The number of aromatic carboxylic acids is 1. The van der Waals surface area contributed by atoms with Crippen LogP contribution < -0.4 is 5.32 Å². The summed E-state index contributed by atoms with van der Waals surface area (Å²) in [6, 6.07) is 5.66. The average Bonchev–Trinajstić information content (AvgIpc) is 2.39. The number of carboxylic acid groups (broad SMARTS) is 1. The number of aromatic nitrogens is 1. The highest BCUT2D eigenvalue weighted by molar-refractivity contribution is 5.88. The van der Waals surface area contributed by atoms with Crippen molar-refractivity contribution < 1.29 is 14.3 Å². The Kier molecular flexibility index (Phi) is 3.75. The van der Waals surface area contributed by atoms with Crippen molar-refractivity contribution in [3.8, 4) is 0 Å². The van der Waals surface area contributed by atoms with Crippen molar-refractivity contribution in [1.82, 2.24) is 4.98 Å². The summed E-state index contributed by atoms with van der Waals surface area (Å²) in [7, 11) is 0. The fourth-order valence-electron chi connectivity index (χ4n) is 1.66. The van der Waals surface area contributed by atoms with E-state index >= 15 is 0 Å². The van der Waals surface area contributed by atoms with E-state index in [0.717, 1.165) is 17.2 Å². The van der Waals surface area contributed by atoms with Gasteiger partial charge in [-0.1, -0.05) is 0 Å². The molecule has 4 nitrogen and oxygen atoms in total. The second-order valence-corrected chi connectivity index (χ2v) is 4.16. The zero-order chi connectivity index (χ0) is 13.8. The van der Waals surface area contributed by atoms with E-state index in [1.165, 1.54) is 12.1 Å². The zero-order valence-electron chi connectivity index (χ0n) is 10.4. The zero-order valence-corrected chi connectivity index (χ0v) is 10.4. The highest BCUT2D eigenvalue weighted by atomic mass is 19.1. The molecule has 0 atom stereocenters. The van der Waals surface area contributed by atoms with Gasteiger partial charge in [0.05, 0.1) is 11.3 Å². The molecule has 0 fully saturated rings. The van der Waals surface area contributed by atoms with Gasteiger partial charge in [-0.2, -0.15) is 0 Å². The molecule has 19 heavy (non-hydrogen) atoms. The molecule has 0 saturated carbocycles. The highest BCUT2D eigenvalue weighted by Gasteiger charge is 2.08. The Balaban J connectivity index is 2.12. The maximum Gasteiger partial charge on any atom is 0.335 e. The average molecular weight is 260 g/mol. The summed E-state index contributed by atoms with van der Waals surface area (Å²) in [4.78, 5) is 14.7. The van der Waals surface area contributed by atoms with Crippen molar-refractivity contribution in [2.45, 2.75) is 13.5 Å². The van der Waals surface area contributed by atoms with Gasteiger partial charge >= 0.3 is 5.97 Å². The molecule has 2 aromatic rings. The predicted molar refractivity (Wildman–Crippen MR) is 69.7 cm³/mol. The van der Waals surface area contributed by atoms with Crippen molar-refractivity contribution in [2.24, 2.45) is 0 Å². The van der Waals surface area contributed by atoms with Gasteiger partial charge in [0.2, 0.25) is 0 Å². The Morgan fingerprint density at radius 2 is 2.21 bits per heavy atom. The van der Waals surface area contributed by atoms with Crippen LogP contribution >= 0.6 is 0 Å². The van der Waals surface area contributed by atoms with Gasteiger partial charge < -0.3 is 10.4 Å². The van der Waals surface area contributed by atoms with Crippen LogP contribution in [0.2, 0.25) is 0 Å². The van der Waals surface area contributed by atoms with Crippen LogP contribution in [0.25, 0.3) is 0 Å². The highest BCUT2D eigenvalue weighted by Crippen LogP contribution is 2.17. The molecule has 0 aliphatic heterocycles. The molecule has 0 unspecified atom stereocenters. The predicted octanol–water partition coefficient (Wildman–Crippen LogP) is 2.84. The molecule has 5 heteroatoms. The third-order valence-electron chi connectivity index (χ3n) is 2.83. The number of halogens is 1. The molecule has 0 aliphatic rings. The van der Waals surface area contributed by atoms with E-state index in [0.29, 0.717) is 6.54 Å². The van der Waals surface area contributed by atoms with Gasteiger partial charge in [0.1, 0.15) is 5.82 Å². The van der Waals surface area contributed by atoms with Gasteiger partial charge in [-0.05, 0) is 42.3 Å². The number of pyridine rings is 1. The molecule has 0 saturated heterocycles. The third kappa shape index (κ3) is 3.07. The molecule has 2 rings (SSSR count). The number of benzene rings is 1. The lowest BCUT2D eigenvalue weighted by Crippen LogP contribution is -2.05. The molecule has 0 aliphatic carbocycles. The smallest absolute Gasteiger partial charge is 0.335 e. The lowest BCUT2D eigenvalue weighted by atomic mass is 10.1. The number of anilines is 1. The Morgan fingerprint density at radius 3 is 2.84 bits per heavy atom. The van der Waals surface area contributed by atoms with E-state index in [-0.39, 0.29) is 11.3 Å². The first-order valence-electron chi connectivity index (χ1n) is 5.74. The molecule has 0 amide bonds. The molecule has 0 spiro atoms. The summed E-state index contributed by atoms with van der Waals surface area (Å²) < 4.78 is 13.7. The fraction of sp³-hybridized carbons (Fsp3) is 0.143. The minimum Gasteiger partial charge on any atom is -0.478 e. The van der Waals surface area contributed by atoms with E-state index in [2.05, 4.69) is 10.3 Å². The lowest BCUT2D eigenvalue weighted by Gasteiger charge is -2.09. The third-order valence-corrected chi connectivity index (χ3v) is 2.83. The number of nitrogens with zero attached hydrogens (tertiary/aromatic N) is 1. The van der Waals surface area contributed by atoms with Crippen LogP contribution in [0.1, 0.15) is 21.5 Å². The summed E-state index contributed by atoms with van der Waals surface area (Å²) in [5.74, 6) is -1.73. The normalized spacial score (nSPS) is 10.2. The topological polar surface area (TPSA) is 62.2 Å². The van der Waals surface area contributed by atoms with Crippen molar-refractivity contribution in [1.29, 1.82) is 0 Å². The van der Waals surface area contributed by atoms with Crippen molar-refractivity contribution in [2.75, 3.05) is 5.32 Å². The second-order valence-electron chi connectivity index (χ2n) is 4.16. The minimum atomic E-state index is -1.14. The number of rotatable bonds is 4. The van der Waals surface area contributed by atoms with Crippen LogP contribution in [0.3, 0.4) is 0 Å². The van der Waals surface area contributed by atoms with Crippen LogP contribution in [-0.2, 0) is 6.54 Å². The van der Waals surface area contributed by atoms with E-state index in [4.69, 9.17) is 5.11 Å². The molecular weight excluding hydrogens is 247 g/mol. The monoisotopic (exact) mass is 260 g/mol. The van der Waals surface area contributed by atoms with Gasteiger partial charge in [0.15, 0.2) is 0 Å². The summed E-state index contributed by atoms with van der Waals surface area (Å²) in [6.07, 6.45) is 3.41. The Hall–Kier alpha value is -2.43. The van der Waals surface area contributed by atoms with Crippen LogP contribution in [0.5, 0.6) is 0 Å². The maximum atomic E-state index is 13.7. The Bertz CT molecular complexity index is 614. The maximum absolute atomic E-state index is 13.7. The number of carboxylic acids is 1. The minimum absolute atomic E-state index is 0.0689. The van der Waals surface area contributed by atoms with Crippen molar-refractivity contribution >= 4 is 11.7 Å². The van der Waals surface area contributed by atoms with Gasteiger partial charge in [-0.15, -0.1) is 0 Å². The number of hydrogen-bond donors (Lipinski definition) is 2. The van der Waals surface area contributed by atoms with Crippen molar-refractivity contribution in [3.63, 3.8) is 0 Å². The summed E-state index contributed by atoms with van der Waals surface area (Å²) in [5, 5.41) is 11.7. The largest absolute Gasteiger partial charge is 0.478 e. The number of hydrogen-bond acceptors (Lipinski definition) is 3. The van der Waals surface area contributed by atoms with Crippen LogP contribution in [0.15, 0.2) is 36.7 Å². The van der Waals surface area contributed by atoms with Gasteiger partial charge in [0.25, 0.3) is 0 Å². The van der Waals surface area contributed by atoms with Gasteiger partial charge in [-0.3, -0.25) is 4.98 Å². The molecule has 0 bridgehead atoms. The van der Waals surface area contributed by atoms with Gasteiger partial charge in [-0.25, -0.2) is 9.18 Å². The van der Waals surface area contributed by atoms with E-state index in [1.54, 1.807) is 12.4 Å². The van der Waals surface area contributed by atoms with E-state index in [9.17, 15) is 9.18 Å². The first-order chi connectivity index (χ1) is 9.08. The molecule has 2 N–H and O–H groups in total. The molecule has 0 radical (unpaired) electrons. The number of carbonyl (C=O) groups is 1. The van der Waals surface area contributed by atoms with E-state index < -0.39 is 11.8 Å². The molecule has 1 heterocycles. The number of aryl methyl sites for hydroxylation is 1. The molecule has 1 aromatic heterocycles. The first kappa shape index (κ1) is 13.0. The standard InChI is InChI=1S/C14H13FN2O2/c1-9-4-5-16-7-11(9)8-17-13-3-2-10(14(18)19)6-12(13)15/h2-7,17H,8H2,1H3,(H,18,19).